The molecule has 1 aromatic carbocycles. The summed E-state index contributed by atoms with van der Waals surface area (Å²) in [5.74, 6) is 1.05. The van der Waals surface area contributed by atoms with Crippen molar-refractivity contribution in [2.24, 2.45) is 0 Å². The first kappa shape index (κ1) is 14.3. The largest absolute Gasteiger partial charge is 0.355 e. The van der Waals surface area contributed by atoms with E-state index in [4.69, 9.17) is 0 Å². The molecular weight excluding hydrogens is 248 g/mol. The molecular formula is C17H20N2O. The van der Waals surface area contributed by atoms with Crippen LogP contribution in [0.5, 0.6) is 0 Å². The summed E-state index contributed by atoms with van der Waals surface area (Å²) >= 11 is 0. The zero-order valence-electron chi connectivity index (χ0n) is 12.3. The van der Waals surface area contributed by atoms with Crippen molar-refractivity contribution >= 4 is 11.6 Å². The van der Waals surface area contributed by atoms with Crippen LogP contribution in [0.15, 0.2) is 42.6 Å². The summed E-state index contributed by atoms with van der Waals surface area (Å²) in [4.78, 5) is 18.2. The van der Waals surface area contributed by atoms with Crippen LogP contribution in [0.1, 0.15) is 34.8 Å². The molecule has 0 aliphatic heterocycles. The first-order valence-corrected chi connectivity index (χ1v) is 6.86. The van der Waals surface area contributed by atoms with Gasteiger partial charge in [0.25, 0.3) is 0 Å². The molecule has 0 aliphatic rings. The lowest BCUT2D eigenvalue weighted by Gasteiger charge is -2.20. The molecule has 0 atom stereocenters. The number of benzene rings is 1. The molecule has 0 unspecified atom stereocenters. The lowest BCUT2D eigenvalue weighted by atomic mass is 10.1. The van der Waals surface area contributed by atoms with E-state index in [1.807, 2.05) is 45.2 Å². The Bertz CT molecular complexity index is 593. The number of anilines is 1. The molecule has 0 N–H and O–H groups in total. The summed E-state index contributed by atoms with van der Waals surface area (Å²) in [5.41, 5.74) is 2.97. The van der Waals surface area contributed by atoms with Crippen LogP contribution >= 0.6 is 0 Å². The number of ketones is 1. The standard InChI is InChI=1S/C17H20N2O/c1-4-16(20)15-10-13(2)17(18-11-15)19(3)12-14-8-6-5-7-9-14/h5-11H,4,12H2,1-3H3. The van der Waals surface area contributed by atoms with Gasteiger partial charge in [-0.25, -0.2) is 4.98 Å². The summed E-state index contributed by atoms with van der Waals surface area (Å²) < 4.78 is 0. The van der Waals surface area contributed by atoms with Crippen LogP contribution in [0.3, 0.4) is 0 Å². The number of rotatable bonds is 5. The Kier molecular flexibility index (Phi) is 4.51. The molecule has 2 rings (SSSR count). The van der Waals surface area contributed by atoms with Gasteiger partial charge in [-0.2, -0.15) is 0 Å². The van der Waals surface area contributed by atoms with E-state index in [9.17, 15) is 4.79 Å². The Hall–Kier alpha value is -2.16. The predicted octanol–water partition coefficient (Wildman–Crippen LogP) is 3.62. The average Bonchev–Trinajstić information content (AvgIpc) is 2.47. The molecule has 3 nitrogen and oxygen atoms in total. The van der Waals surface area contributed by atoms with E-state index in [-0.39, 0.29) is 5.78 Å². The minimum Gasteiger partial charge on any atom is -0.355 e. The zero-order chi connectivity index (χ0) is 14.5. The van der Waals surface area contributed by atoms with Gasteiger partial charge in [-0.3, -0.25) is 4.79 Å². The Morgan fingerprint density at radius 3 is 2.55 bits per heavy atom. The van der Waals surface area contributed by atoms with E-state index in [2.05, 4.69) is 22.0 Å². The van der Waals surface area contributed by atoms with Crippen molar-refractivity contribution in [2.75, 3.05) is 11.9 Å². The van der Waals surface area contributed by atoms with Crippen LogP contribution in [0.4, 0.5) is 5.82 Å². The molecule has 0 bridgehead atoms. The van der Waals surface area contributed by atoms with Crippen LogP contribution in [0.25, 0.3) is 0 Å². The zero-order valence-corrected chi connectivity index (χ0v) is 12.3. The van der Waals surface area contributed by atoms with Crippen molar-refractivity contribution in [2.45, 2.75) is 26.8 Å². The number of pyridine rings is 1. The summed E-state index contributed by atoms with van der Waals surface area (Å²) in [6, 6.07) is 12.2. The number of Topliss-reactive ketones (excluding diaryl/α,β-unsaturated/α-hetero) is 1. The Morgan fingerprint density at radius 1 is 1.25 bits per heavy atom. The number of aromatic nitrogens is 1. The molecule has 0 amide bonds. The van der Waals surface area contributed by atoms with E-state index in [0.29, 0.717) is 12.0 Å². The van der Waals surface area contributed by atoms with E-state index in [1.165, 1.54) is 5.56 Å². The maximum Gasteiger partial charge on any atom is 0.164 e. The minimum atomic E-state index is 0.137. The second kappa shape index (κ2) is 6.33. The van der Waals surface area contributed by atoms with Crippen molar-refractivity contribution in [1.82, 2.24) is 4.98 Å². The Balaban J connectivity index is 2.18. The summed E-state index contributed by atoms with van der Waals surface area (Å²) in [5, 5.41) is 0. The predicted molar refractivity (Wildman–Crippen MR) is 82.1 cm³/mol. The second-order valence-electron chi connectivity index (χ2n) is 4.98. The highest BCUT2D eigenvalue weighted by Crippen LogP contribution is 2.19. The summed E-state index contributed by atoms with van der Waals surface area (Å²) in [7, 11) is 2.02. The van der Waals surface area contributed by atoms with Crippen LogP contribution < -0.4 is 4.90 Å². The SMILES string of the molecule is CCC(=O)c1cnc(N(C)Cc2ccccc2)c(C)c1. The highest BCUT2D eigenvalue weighted by Gasteiger charge is 2.10. The smallest absolute Gasteiger partial charge is 0.164 e. The number of aryl methyl sites for hydroxylation is 1. The maximum absolute atomic E-state index is 11.7. The molecule has 3 heteroatoms. The fourth-order valence-electron chi connectivity index (χ4n) is 2.26. The van der Waals surface area contributed by atoms with Crippen molar-refractivity contribution < 1.29 is 4.79 Å². The van der Waals surface area contributed by atoms with Crippen molar-refractivity contribution in [3.05, 3.63) is 59.3 Å². The number of carbonyl (C=O) groups is 1. The molecule has 20 heavy (non-hydrogen) atoms. The molecule has 0 saturated heterocycles. The van der Waals surface area contributed by atoms with Crippen LogP contribution in [-0.2, 0) is 6.54 Å². The molecule has 104 valence electrons. The van der Waals surface area contributed by atoms with Gasteiger partial charge in [0.05, 0.1) is 0 Å². The molecule has 0 saturated carbocycles. The van der Waals surface area contributed by atoms with Crippen LogP contribution in [0.2, 0.25) is 0 Å². The van der Waals surface area contributed by atoms with Crippen molar-refractivity contribution in [3.63, 3.8) is 0 Å². The minimum absolute atomic E-state index is 0.137. The monoisotopic (exact) mass is 268 g/mol. The number of nitrogens with zero attached hydrogens (tertiary/aromatic N) is 2. The Labute approximate surface area is 120 Å². The average molecular weight is 268 g/mol. The van der Waals surface area contributed by atoms with E-state index in [1.54, 1.807) is 6.20 Å². The van der Waals surface area contributed by atoms with Gasteiger partial charge < -0.3 is 4.90 Å². The van der Waals surface area contributed by atoms with Gasteiger partial charge in [-0.15, -0.1) is 0 Å². The van der Waals surface area contributed by atoms with E-state index >= 15 is 0 Å². The third kappa shape index (κ3) is 3.23. The summed E-state index contributed by atoms with van der Waals surface area (Å²) in [6.07, 6.45) is 2.19. The van der Waals surface area contributed by atoms with Gasteiger partial charge in [-0.1, -0.05) is 37.3 Å². The van der Waals surface area contributed by atoms with Gasteiger partial charge in [0.2, 0.25) is 0 Å². The first-order valence-electron chi connectivity index (χ1n) is 6.86. The van der Waals surface area contributed by atoms with Gasteiger partial charge in [0, 0.05) is 31.8 Å². The lowest BCUT2D eigenvalue weighted by Crippen LogP contribution is -2.19. The summed E-state index contributed by atoms with van der Waals surface area (Å²) in [6.45, 7) is 4.67. The third-order valence-corrected chi connectivity index (χ3v) is 3.32. The van der Waals surface area contributed by atoms with Gasteiger partial charge in [0.15, 0.2) is 5.78 Å². The molecule has 1 heterocycles. The van der Waals surface area contributed by atoms with Gasteiger partial charge >= 0.3 is 0 Å². The quantitative estimate of drug-likeness (QED) is 0.776. The third-order valence-electron chi connectivity index (χ3n) is 3.32. The fraction of sp³-hybridized carbons (Fsp3) is 0.294. The van der Waals surface area contributed by atoms with Crippen LogP contribution in [0, 0.1) is 6.92 Å². The topological polar surface area (TPSA) is 33.2 Å². The molecule has 0 spiro atoms. The molecule has 0 aliphatic carbocycles. The fourth-order valence-corrected chi connectivity index (χ4v) is 2.26. The van der Waals surface area contributed by atoms with E-state index in [0.717, 1.165) is 17.9 Å². The Morgan fingerprint density at radius 2 is 1.95 bits per heavy atom. The highest BCUT2D eigenvalue weighted by atomic mass is 16.1. The lowest BCUT2D eigenvalue weighted by molar-refractivity contribution is 0.0987. The molecule has 1 aromatic heterocycles. The van der Waals surface area contributed by atoms with Crippen molar-refractivity contribution in [3.8, 4) is 0 Å². The first-order chi connectivity index (χ1) is 9.61. The van der Waals surface area contributed by atoms with Crippen molar-refractivity contribution in [1.29, 1.82) is 0 Å². The molecule has 2 aromatic rings. The molecule has 0 radical (unpaired) electrons. The van der Waals surface area contributed by atoms with Crippen LogP contribution in [-0.4, -0.2) is 17.8 Å². The second-order valence-corrected chi connectivity index (χ2v) is 4.98. The number of hydrogen-bond donors (Lipinski definition) is 0. The normalized spacial score (nSPS) is 10.3. The molecule has 0 fully saturated rings. The number of carbonyl (C=O) groups excluding carboxylic acids is 1. The van der Waals surface area contributed by atoms with Gasteiger partial charge in [0.1, 0.15) is 5.82 Å². The highest BCUT2D eigenvalue weighted by molar-refractivity contribution is 5.96. The van der Waals surface area contributed by atoms with Gasteiger partial charge in [-0.05, 0) is 24.1 Å². The van der Waals surface area contributed by atoms with E-state index < -0.39 is 0 Å². The number of hydrogen-bond acceptors (Lipinski definition) is 3. The maximum atomic E-state index is 11.7.